The van der Waals surface area contributed by atoms with Gasteiger partial charge in [-0.05, 0) is 89.0 Å². The van der Waals surface area contributed by atoms with Gasteiger partial charge in [0.05, 0.1) is 15.9 Å². The molecule has 1 aliphatic rings. The summed E-state index contributed by atoms with van der Waals surface area (Å²) in [6, 6.07) is 17.7. The van der Waals surface area contributed by atoms with Crippen molar-refractivity contribution < 1.29 is 23.9 Å². The van der Waals surface area contributed by atoms with Crippen LogP contribution in [0.4, 0.5) is 10.5 Å². The van der Waals surface area contributed by atoms with Gasteiger partial charge in [-0.1, -0.05) is 53.2 Å². The van der Waals surface area contributed by atoms with Crippen molar-refractivity contribution in [1.82, 2.24) is 5.32 Å². The van der Waals surface area contributed by atoms with Gasteiger partial charge in [0.2, 0.25) is 0 Å². The first-order valence-corrected chi connectivity index (χ1v) is 13.5. The number of anilines is 1. The molecule has 0 radical (unpaired) electrons. The molecule has 0 aliphatic carbocycles. The number of aryl methyl sites for hydroxylation is 1. The Labute approximate surface area is 237 Å². The number of barbiturate groups is 1. The van der Waals surface area contributed by atoms with Crippen molar-refractivity contribution in [2.24, 2.45) is 0 Å². The van der Waals surface area contributed by atoms with Crippen LogP contribution in [0, 0.1) is 3.57 Å². The van der Waals surface area contributed by atoms with Gasteiger partial charge in [0.1, 0.15) is 12.2 Å². The number of urea groups is 1. The van der Waals surface area contributed by atoms with Gasteiger partial charge in [-0.15, -0.1) is 0 Å². The zero-order chi connectivity index (χ0) is 26.5. The Hall–Kier alpha value is -3.18. The highest BCUT2D eigenvalue weighted by molar-refractivity contribution is 14.1. The van der Waals surface area contributed by atoms with E-state index in [1.807, 2.05) is 50.2 Å². The predicted molar refractivity (Wildman–Crippen MR) is 154 cm³/mol. The maximum absolute atomic E-state index is 13.4. The number of amides is 4. The lowest BCUT2D eigenvalue weighted by molar-refractivity contribution is -0.122. The van der Waals surface area contributed by atoms with Crippen LogP contribution in [0.25, 0.3) is 6.08 Å². The van der Waals surface area contributed by atoms with Gasteiger partial charge < -0.3 is 9.47 Å². The molecule has 3 aromatic rings. The minimum absolute atomic E-state index is 0.146. The molecule has 0 aromatic heterocycles. The van der Waals surface area contributed by atoms with E-state index < -0.39 is 17.8 Å². The molecule has 0 atom stereocenters. The van der Waals surface area contributed by atoms with Crippen LogP contribution in [0.15, 0.2) is 70.7 Å². The van der Waals surface area contributed by atoms with Crippen LogP contribution in [-0.4, -0.2) is 24.5 Å². The van der Waals surface area contributed by atoms with Gasteiger partial charge in [0, 0.05) is 4.47 Å². The molecule has 3 aromatic carbocycles. The largest absolute Gasteiger partial charge is 0.490 e. The molecule has 1 heterocycles. The number of rotatable bonds is 8. The summed E-state index contributed by atoms with van der Waals surface area (Å²) in [5.41, 5.74) is 2.69. The fourth-order valence-electron chi connectivity index (χ4n) is 3.88. The number of hydrogen-bond donors (Lipinski definition) is 1. The normalized spacial score (nSPS) is 14.6. The molecular weight excluding hydrogens is 651 g/mol. The summed E-state index contributed by atoms with van der Waals surface area (Å²) in [4.78, 5) is 39.7. The van der Waals surface area contributed by atoms with E-state index in [1.165, 1.54) is 6.08 Å². The van der Waals surface area contributed by atoms with Crippen molar-refractivity contribution in [2.75, 3.05) is 11.5 Å². The average Bonchev–Trinajstić information content (AvgIpc) is 2.87. The lowest BCUT2D eigenvalue weighted by atomic mass is 10.0. The standard InChI is InChI=1S/C28H24BrIN2O5/c1-3-19-7-5-6-8-23(19)32-27(34)21(26(33)31-28(32)35)13-18-14-22(30)25(24(15-18)36-4-2)37-16-17-9-11-20(29)12-10-17/h5-15H,3-4,16H2,1-2H3,(H,31,33,35)/b21-13-. The molecule has 7 nitrogen and oxygen atoms in total. The van der Waals surface area contributed by atoms with E-state index in [0.29, 0.717) is 42.4 Å². The summed E-state index contributed by atoms with van der Waals surface area (Å²) < 4.78 is 13.6. The molecule has 1 N–H and O–H groups in total. The van der Waals surface area contributed by atoms with E-state index in [2.05, 4.69) is 43.8 Å². The highest BCUT2D eigenvalue weighted by Crippen LogP contribution is 2.36. The summed E-state index contributed by atoms with van der Waals surface area (Å²) >= 11 is 5.57. The third-order valence-corrected chi connectivity index (χ3v) is 6.98. The van der Waals surface area contributed by atoms with Crippen LogP contribution in [0.1, 0.15) is 30.5 Å². The molecule has 4 amide bonds. The van der Waals surface area contributed by atoms with E-state index in [4.69, 9.17) is 9.47 Å². The number of halogens is 2. The quantitative estimate of drug-likeness (QED) is 0.173. The Balaban J connectivity index is 1.67. The Morgan fingerprint density at radius 1 is 1.00 bits per heavy atom. The van der Waals surface area contributed by atoms with Crippen LogP contribution in [0.2, 0.25) is 0 Å². The molecule has 1 fully saturated rings. The third-order valence-electron chi connectivity index (χ3n) is 5.65. The minimum atomic E-state index is -0.769. The molecular formula is C28H24BrIN2O5. The second-order valence-electron chi connectivity index (χ2n) is 8.12. The van der Waals surface area contributed by atoms with Gasteiger partial charge in [-0.2, -0.15) is 0 Å². The molecule has 0 unspecified atom stereocenters. The summed E-state index contributed by atoms with van der Waals surface area (Å²) in [6.45, 7) is 4.55. The van der Waals surface area contributed by atoms with Gasteiger partial charge in [-0.3, -0.25) is 14.9 Å². The van der Waals surface area contributed by atoms with E-state index in [-0.39, 0.29) is 5.57 Å². The first kappa shape index (κ1) is 26.9. The number of ether oxygens (including phenoxy) is 2. The second kappa shape index (κ2) is 11.9. The number of nitrogens with zero attached hydrogens (tertiary/aromatic N) is 1. The first-order chi connectivity index (χ1) is 17.8. The third kappa shape index (κ3) is 6.04. The Bertz CT molecular complexity index is 1390. The first-order valence-electron chi connectivity index (χ1n) is 11.6. The van der Waals surface area contributed by atoms with Crippen LogP contribution in [-0.2, 0) is 22.6 Å². The summed E-state index contributed by atoms with van der Waals surface area (Å²) in [5.74, 6) is -0.367. The molecule has 0 bridgehead atoms. The van der Waals surface area contributed by atoms with Crippen molar-refractivity contribution in [1.29, 1.82) is 0 Å². The summed E-state index contributed by atoms with van der Waals surface area (Å²) in [6.07, 6.45) is 2.09. The molecule has 0 spiro atoms. The number of para-hydroxylation sites is 1. The Kier molecular flexibility index (Phi) is 8.65. The topological polar surface area (TPSA) is 84.9 Å². The molecule has 4 rings (SSSR count). The summed E-state index contributed by atoms with van der Waals surface area (Å²) in [7, 11) is 0. The van der Waals surface area contributed by atoms with Crippen molar-refractivity contribution in [3.8, 4) is 11.5 Å². The fraction of sp³-hybridized carbons (Fsp3) is 0.179. The maximum Gasteiger partial charge on any atom is 0.335 e. The minimum Gasteiger partial charge on any atom is -0.490 e. The number of carbonyl (C=O) groups is 3. The highest BCUT2D eigenvalue weighted by atomic mass is 127. The Morgan fingerprint density at radius 3 is 2.43 bits per heavy atom. The summed E-state index contributed by atoms with van der Waals surface area (Å²) in [5, 5.41) is 2.29. The second-order valence-corrected chi connectivity index (χ2v) is 10.2. The van der Waals surface area contributed by atoms with Crippen molar-refractivity contribution in [2.45, 2.75) is 26.9 Å². The van der Waals surface area contributed by atoms with E-state index >= 15 is 0 Å². The van der Waals surface area contributed by atoms with Crippen LogP contribution in [0.5, 0.6) is 11.5 Å². The van der Waals surface area contributed by atoms with Gasteiger partial charge in [0.15, 0.2) is 11.5 Å². The number of benzene rings is 3. The molecule has 37 heavy (non-hydrogen) atoms. The lowest BCUT2D eigenvalue weighted by Crippen LogP contribution is -2.54. The van der Waals surface area contributed by atoms with Crippen LogP contribution >= 0.6 is 38.5 Å². The Morgan fingerprint density at radius 2 is 1.73 bits per heavy atom. The van der Waals surface area contributed by atoms with Gasteiger partial charge in [0.25, 0.3) is 11.8 Å². The molecule has 0 saturated carbocycles. The fourth-order valence-corrected chi connectivity index (χ4v) is 4.93. The van der Waals surface area contributed by atoms with E-state index in [0.717, 1.165) is 24.1 Å². The zero-order valence-corrected chi connectivity index (χ0v) is 24.0. The van der Waals surface area contributed by atoms with Gasteiger partial charge in [-0.25, -0.2) is 9.69 Å². The average molecular weight is 675 g/mol. The lowest BCUT2D eigenvalue weighted by Gasteiger charge is -2.28. The molecule has 1 saturated heterocycles. The predicted octanol–water partition coefficient (Wildman–Crippen LogP) is 6.26. The SMILES string of the molecule is CCOc1cc(/C=C2/C(=O)NC(=O)N(c3ccccc3CC)C2=O)cc(I)c1OCc1ccc(Br)cc1. The number of carbonyl (C=O) groups excluding carboxylic acids is 3. The highest BCUT2D eigenvalue weighted by Gasteiger charge is 2.37. The van der Waals surface area contributed by atoms with Crippen LogP contribution in [0.3, 0.4) is 0 Å². The number of imide groups is 2. The number of nitrogens with one attached hydrogen (secondary N) is 1. The van der Waals surface area contributed by atoms with Gasteiger partial charge >= 0.3 is 6.03 Å². The maximum atomic E-state index is 13.4. The molecule has 190 valence electrons. The molecule has 1 aliphatic heterocycles. The van der Waals surface area contributed by atoms with Crippen molar-refractivity contribution in [3.05, 3.63) is 91.0 Å². The van der Waals surface area contributed by atoms with Crippen molar-refractivity contribution in [3.63, 3.8) is 0 Å². The zero-order valence-electron chi connectivity index (χ0n) is 20.2. The van der Waals surface area contributed by atoms with Crippen molar-refractivity contribution >= 4 is 68.1 Å². The monoisotopic (exact) mass is 674 g/mol. The van der Waals surface area contributed by atoms with Crippen LogP contribution < -0.4 is 19.7 Å². The van der Waals surface area contributed by atoms with E-state index in [9.17, 15) is 14.4 Å². The van der Waals surface area contributed by atoms with E-state index in [1.54, 1.807) is 24.3 Å². The smallest absolute Gasteiger partial charge is 0.335 e. The number of hydrogen-bond acceptors (Lipinski definition) is 5. The molecule has 9 heteroatoms.